The summed E-state index contributed by atoms with van der Waals surface area (Å²) in [5.41, 5.74) is 0. The van der Waals surface area contributed by atoms with Crippen LogP contribution in [0.2, 0.25) is 0 Å². The average molecular weight is 242 g/mol. The van der Waals surface area contributed by atoms with Crippen molar-refractivity contribution >= 4 is 6.16 Å². The molecule has 5 nitrogen and oxygen atoms in total. The first kappa shape index (κ1) is 15.5. The Hall–Kier alpha value is -1.52. The van der Waals surface area contributed by atoms with Gasteiger partial charge in [-0.25, -0.2) is 9.78 Å². The number of aryl methyl sites for hydroxylation is 1. The van der Waals surface area contributed by atoms with Crippen LogP contribution in [0, 0.1) is 5.92 Å². The van der Waals surface area contributed by atoms with Crippen molar-refractivity contribution in [1.29, 1.82) is 0 Å². The molecule has 0 aliphatic rings. The Bertz CT molecular complexity index is 321. The SMILES string of the molecule is CCCn1ccnc1CC(C)C.COC(=O)O. The Morgan fingerprint density at radius 1 is 1.59 bits per heavy atom. The summed E-state index contributed by atoms with van der Waals surface area (Å²) >= 11 is 0. The molecule has 0 aliphatic carbocycles. The number of aromatic nitrogens is 2. The van der Waals surface area contributed by atoms with Gasteiger partial charge in [0.1, 0.15) is 5.82 Å². The number of methoxy groups -OCH3 is 1. The summed E-state index contributed by atoms with van der Waals surface area (Å²) in [5.74, 6) is 1.93. The zero-order valence-electron chi connectivity index (χ0n) is 11.0. The predicted octanol–water partition coefficient (Wildman–Crippen LogP) is 2.80. The number of hydrogen-bond donors (Lipinski definition) is 1. The summed E-state index contributed by atoms with van der Waals surface area (Å²) in [7, 11) is 1.10. The highest BCUT2D eigenvalue weighted by Crippen LogP contribution is 2.06. The monoisotopic (exact) mass is 242 g/mol. The lowest BCUT2D eigenvalue weighted by molar-refractivity contribution is 0.114. The fourth-order valence-electron chi connectivity index (χ4n) is 1.34. The molecule has 17 heavy (non-hydrogen) atoms. The fraction of sp³-hybridized carbons (Fsp3) is 0.667. The molecule has 1 heterocycles. The molecule has 0 atom stereocenters. The molecule has 0 saturated carbocycles. The number of carboxylic acid groups (broad SMARTS) is 1. The van der Waals surface area contributed by atoms with E-state index in [1.807, 2.05) is 6.20 Å². The van der Waals surface area contributed by atoms with E-state index < -0.39 is 6.16 Å². The summed E-state index contributed by atoms with van der Waals surface area (Å²) in [6.45, 7) is 7.75. The third-order valence-electron chi connectivity index (χ3n) is 2.03. The topological polar surface area (TPSA) is 64.4 Å². The number of nitrogens with zero attached hydrogens (tertiary/aromatic N) is 2. The van der Waals surface area contributed by atoms with Crippen molar-refractivity contribution < 1.29 is 14.6 Å². The standard InChI is InChI=1S/C10H18N2.C2H4O3/c1-4-6-12-7-5-11-10(12)8-9(2)3;1-5-2(3)4/h5,7,9H,4,6,8H2,1-3H3;1H3,(H,3,4). The van der Waals surface area contributed by atoms with Crippen molar-refractivity contribution in [2.75, 3.05) is 7.11 Å². The number of imidazole rings is 1. The van der Waals surface area contributed by atoms with Gasteiger partial charge in [-0.1, -0.05) is 20.8 Å². The molecule has 1 aromatic heterocycles. The largest absolute Gasteiger partial charge is 0.505 e. The summed E-state index contributed by atoms with van der Waals surface area (Å²) in [6, 6.07) is 0. The van der Waals surface area contributed by atoms with Gasteiger partial charge in [0.15, 0.2) is 0 Å². The van der Waals surface area contributed by atoms with Crippen LogP contribution < -0.4 is 0 Å². The van der Waals surface area contributed by atoms with Crippen molar-refractivity contribution in [3.63, 3.8) is 0 Å². The molecular weight excluding hydrogens is 220 g/mol. The van der Waals surface area contributed by atoms with Crippen LogP contribution in [0.3, 0.4) is 0 Å². The third kappa shape index (κ3) is 7.38. The minimum Gasteiger partial charge on any atom is -0.450 e. The highest BCUT2D eigenvalue weighted by atomic mass is 16.6. The quantitative estimate of drug-likeness (QED) is 0.824. The van der Waals surface area contributed by atoms with Gasteiger partial charge in [-0.2, -0.15) is 0 Å². The van der Waals surface area contributed by atoms with Crippen molar-refractivity contribution in [3.8, 4) is 0 Å². The summed E-state index contributed by atoms with van der Waals surface area (Å²) in [6.07, 6.45) is 4.99. The first-order valence-electron chi connectivity index (χ1n) is 5.78. The Morgan fingerprint density at radius 3 is 2.59 bits per heavy atom. The number of carbonyl (C=O) groups is 1. The Morgan fingerprint density at radius 2 is 2.18 bits per heavy atom. The molecule has 1 rings (SSSR count). The second-order valence-electron chi connectivity index (χ2n) is 4.10. The molecule has 0 amide bonds. The Balaban J connectivity index is 0.000000437. The average Bonchev–Trinajstić information content (AvgIpc) is 2.66. The molecule has 0 fully saturated rings. The molecule has 98 valence electrons. The fourth-order valence-corrected chi connectivity index (χ4v) is 1.34. The zero-order valence-corrected chi connectivity index (χ0v) is 11.0. The number of ether oxygens (including phenoxy) is 1. The van der Waals surface area contributed by atoms with Gasteiger partial charge in [0, 0.05) is 25.4 Å². The molecule has 1 aromatic rings. The van der Waals surface area contributed by atoms with Crippen LogP contribution in [-0.2, 0) is 17.7 Å². The van der Waals surface area contributed by atoms with Crippen LogP contribution in [0.5, 0.6) is 0 Å². The van der Waals surface area contributed by atoms with E-state index in [0.717, 1.165) is 20.1 Å². The van der Waals surface area contributed by atoms with Gasteiger partial charge in [-0.3, -0.25) is 0 Å². The maximum atomic E-state index is 9.15. The van der Waals surface area contributed by atoms with Gasteiger partial charge in [0.2, 0.25) is 0 Å². The smallest absolute Gasteiger partial charge is 0.450 e. The Labute approximate surface area is 102 Å². The summed E-state index contributed by atoms with van der Waals surface area (Å²) in [4.78, 5) is 13.5. The van der Waals surface area contributed by atoms with E-state index in [4.69, 9.17) is 9.90 Å². The molecular formula is C12H22N2O3. The molecule has 0 unspecified atom stereocenters. The van der Waals surface area contributed by atoms with Crippen molar-refractivity contribution in [3.05, 3.63) is 18.2 Å². The van der Waals surface area contributed by atoms with Gasteiger partial charge < -0.3 is 14.4 Å². The van der Waals surface area contributed by atoms with Crippen molar-refractivity contribution in [2.24, 2.45) is 5.92 Å². The minimum atomic E-state index is -1.25. The predicted molar refractivity (Wildman–Crippen MR) is 66.1 cm³/mol. The molecule has 0 radical (unpaired) electrons. The lowest BCUT2D eigenvalue weighted by Gasteiger charge is -2.07. The molecule has 0 saturated heterocycles. The molecule has 0 aromatic carbocycles. The minimum absolute atomic E-state index is 0.697. The Kier molecular flexibility index (Phi) is 7.84. The van der Waals surface area contributed by atoms with E-state index in [1.54, 1.807) is 0 Å². The molecule has 5 heteroatoms. The number of rotatable bonds is 4. The van der Waals surface area contributed by atoms with E-state index in [2.05, 4.69) is 41.3 Å². The van der Waals surface area contributed by atoms with E-state index in [9.17, 15) is 0 Å². The van der Waals surface area contributed by atoms with Crippen LogP contribution in [0.15, 0.2) is 12.4 Å². The van der Waals surface area contributed by atoms with Crippen molar-refractivity contribution in [2.45, 2.75) is 40.2 Å². The first-order chi connectivity index (χ1) is 8.01. The normalized spacial score (nSPS) is 9.71. The lowest BCUT2D eigenvalue weighted by atomic mass is 10.1. The van der Waals surface area contributed by atoms with E-state index >= 15 is 0 Å². The second-order valence-corrected chi connectivity index (χ2v) is 4.10. The van der Waals surface area contributed by atoms with E-state index in [0.29, 0.717) is 5.92 Å². The van der Waals surface area contributed by atoms with Gasteiger partial charge >= 0.3 is 6.16 Å². The van der Waals surface area contributed by atoms with Gasteiger partial charge in [0.25, 0.3) is 0 Å². The van der Waals surface area contributed by atoms with E-state index in [-0.39, 0.29) is 0 Å². The summed E-state index contributed by atoms with van der Waals surface area (Å²) in [5, 5.41) is 7.50. The molecule has 0 spiro atoms. The van der Waals surface area contributed by atoms with Crippen LogP contribution in [0.1, 0.15) is 33.0 Å². The van der Waals surface area contributed by atoms with Gasteiger partial charge in [-0.05, 0) is 12.3 Å². The first-order valence-corrected chi connectivity index (χ1v) is 5.78. The van der Waals surface area contributed by atoms with Crippen LogP contribution >= 0.6 is 0 Å². The highest BCUT2D eigenvalue weighted by molar-refractivity contribution is 5.56. The van der Waals surface area contributed by atoms with Crippen LogP contribution in [0.4, 0.5) is 4.79 Å². The van der Waals surface area contributed by atoms with Crippen LogP contribution in [-0.4, -0.2) is 27.9 Å². The lowest BCUT2D eigenvalue weighted by Crippen LogP contribution is -2.05. The highest BCUT2D eigenvalue weighted by Gasteiger charge is 2.03. The molecule has 1 N–H and O–H groups in total. The molecule has 0 bridgehead atoms. The second kappa shape index (κ2) is 8.61. The third-order valence-corrected chi connectivity index (χ3v) is 2.03. The zero-order chi connectivity index (χ0) is 13.3. The maximum Gasteiger partial charge on any atom is 0.505 e. The van der Waals surface area contributed by atoms with E-state index in [1.165, 1.54) is 12.2 Å². The van der Waals surface area contributed by atoms with Crippen LogP contribution in [0.25, 0.3) is 0 Å². The molecule has 0 aliphatic heterocycles. The van der Waals surface area contributed by atoms with Crippen molar-refractivity contribution in [1.82, 2.24) is 9.55 Å². The summed E-state index contributed by atoms with van der Waals surface area (Å²) < 4.78 is 5.92. The maximum absolute atomic E-state index is 9.15. The number of hydrogen-bond acceptors (Lipinski definition) is 3. The van der Waals surface area contributed by atoms with Gasteiger partial charge in [-0.15, -0.1) is 0 Å². The van der Waals surface area contributed by atoms with Gasteiger partial charge in [0.05, 0.1) is 7.11 Å².